The molecule has 0 saturated heterocycles. The van der Waals surface area contributed by atoms with E-state index in [2.05, 4.69) is 9.46 Å². The molecule has 0 saturated carbocycles. The van der Waals surface area contributed by atoms with Gasteiger partial charge in [-0.1, -0.05) is 12.1 Å². The minimum atomic E-state index is -4.88. The van der Waals surface area contributed by atoms with Gasteiger partial charge in [-0.15, -0.1) is 13.2 Å². The van der Waals surface area contributed by atoms with Gasteiger partial charge in [-0.2, -0.15) is 0 Å². The highest BCUT2D eigenvalue weighted by atomic mass is 32.2. The zero-order valence-electron chi connectivity index (χ0n) is 11.8. The Bertz CT molecular complexity index is 819. The Morgan fingerprint density at radius 2 is 1.78 bits per heavy atom. The fourth-order valence-electron chi connectivity index (χ4n) is 1.92. The summed E-state index contributed by atoms with van der Waals surface area (Å²) in [5.41, 5.74) is 0.884. The number of rotatable bonds is 4. The molecule has 0 heterocycles. The quantitative estimate of drug-likeness (QED) is 0.890. The second-order valence-electron chi connectivity index (χ2n) is 4.72. The van der Waals surface area contributed by atoms with Crippen molar-refractivity contribution in [2.45, 2.75) is 6.36 Å². The molecular formula is C14H12F3NO4S. The number of hydrogen-bond acceptors (Lipinski definition) is 4. The van der Waals surface area contributed by atoms with E-state index >= 15 is 0 Å². The SMILES string of the molecule is CS(=O)(=O)Nc1cccc(-c2cc(O)cc(OC(F)(F)F)c2)c1. The topological polar surface area (TPSA) is 75.6 Å². The monoisotopic (exact) mass is 347 g/mol. The molecule has 2 N–H and O–H groups in total. The van der Waals surface area contributed by atoms with Crippen molar-refractivity contribution in [1.82, 2.24) is 0 Å². The first kappa shape index (κ1) is 16.9. The van der Waals surface area contributed by atoms with Crippen molar-refractivity contribution in [3.05, 3.63) is 42.5 Å². The summed E-state index contributed by atoms with van der Waals surface area (Å²) in [5.74, 6) is -0.989. The number of ether oxygens (including phenoxy) is 1. The molecule has 0 radical (unpaired) electrons. The summed E-state index contributed by atoms with van der Waals surface area (Å²) in [6, 6.07) is 9.15. The van der Waals surface area contributed by atoms with Gasteiger partial charge in [0.15, 0.2) is 0 Å². The molecule has 2 rings (SSSR count). The van der Waals surface area contributed by atoms with Crippen LogP contribution < -0.4 is 9.46 Å². The van der Waals surface area contributed by atoms with Crippen LogP contribution in [-0.4, -0.2) is 26.1 Å². The van der Waals surface area contributed by atoms with Crippen LogP contribution in [0.25, 0.3) is 11.1 Å². The summed E-state index contributed by atoms with van der Waals surface area (Å²) in [6.45, 7) is 0. The van der Waals surface area contributed by atoms with Crippen LogP contribution in [0.1, 0.15) is 0 Å². The third-order valence-corrected chi connectivity index (χ3v) is 3.23. The summed E-state index contributed by atoms with van der Waals surface area (Å²) in [5, 5.41) is 9.55. The van der Waals surface area contributed by atoms with E-state index in [1.807, 2.05) is 0 Å². The Kier molecular flexibility index (Phi) is 4.42. The Morgan fingerprint density at radius 3 is 2.39 bits per heavy atom. The van der Waals surface area contributed by atoms with Gasteiger partial charge in [0.05, 0.1) is 6.26 Å². The smallest absolute Gasteiger partial charge is 0.508 e. The van der Waals surface area contributed by atoms with Crippen LogP contribution in [0.5, 0.6) is 11.5 Å². The summed E-state index contributed by atoms with van der Waals surface area (Å²) in [6.07, 6.45) is -3.91. The van der Waals surface area contributed by atoms with Gasteiger partial charge in [-0.25, -0.2) is 8.42 Å². The van der Waals surface area contributed by atoms with Gasteiger partial charge in [0.2, 0.25) is 10.0 Å². The molecule has 0 aliphatic rings. The highest BCUT2D eigenvalue weighted by molar-refractivity contribution is 7.92. The molecule has 0 fully saturated rings. The number of aromatic hydroxyl groups is 1. The van der Waals surface area contributed by atoms with Gasteiger partial charge in [0, 0.05) is 11.8 Å². The van der Waals surface area contributed by atoms with Gasteiger partial charge in [0.1, 0.15) is 11.5 Å². The summed E-state index contributed by atoms with van der Waals surface area (Å²) >= 11 is 0. The van der Waals surface area contributed by atoms with Crippen molar-refractivity contribution in [3.8, 4) is 22.6 Å². The lowest BCUT2D eigenvalue weighted by molar-refractivity contribution is -0.274. The molecule has 2 aromatic rings. The van der Waals surface area contributed by atoms with Crippen molar-refractivity contribution >= 4 is 15.7 Å². The lowest BCUT2D eigenvalue weighted by Crippen LogP contribution is -2.17. The first-order chi connectivity index (χ1) is 10.5. The summed E-state index contributed by atoms with van der Waals surface area (Å²) < 4.78 is 65.3. The molecule has 0 bridgehead atoms. The van der Waals surface area contributed by atoms with E-state index < -0.39 is 27.9 Å². The van der Waals surface area contributed by atoms with Crippen molar-refractivity contribution in [3.63, 3.8) is 0 Å². The predicted molar refractivity (Wildman–Crippen MR) is 78.7 cm³/mol. The highest BCUT2D eigenvalue weighted by Crippen LogP contribution is 2.33. The normalized spacial score (nSPS) is 12.0. The van der Waals surface area contributed by atoms with Crippen molar-refractivity contribution in [1.29, 1.82) is 0 Å². The van der Waals surface area contributed by atoms with Crippen LogP contribution in [0.3, 0.4) is 0 Å². The fraction of sp³-hybridized carbons (Fsp3) is 0.143. The number of phenols is 1. The van der Waals surface area contributed by atoms with Gasteiger partial charge in [-0.05, 0) is 35.4 Å². The summed E-state index contributed by atoms with van der Waals surface area (Å²) in [7, 11) is -3.49. The number of halogens is 3. The van der Waals surface area contributed by atoms with Crippen LogP contribution in [0, 0.1) is 0 Å². The van der Waals surface area contributed by atoms with Crippen LogP contribution in [0.4, 0.5) is 18.9 Å². The third-order valence-electron chi connectivity index (χ3n) is 2.62. The van der Waals surface area contributed by atoms with Crippen LogP contribution >= 0.6 is 0 Å². The molecule has 9 heteroatoms. The number of alkyl halides is 3. The fourth-order valence-corrected chi connectivity index (χ4v) is 2.47. The Hall–Kier alpha value is -2.42. The molecule has 23 heavy (non-hydrogen) atoms. The van der Waals surface area contributed by atoms with Crippen LogP contribution in [0.15, 0.2) is 42.5 Å². The standard InChI is InChI=1S/C14H12F3NO4S/c1-23(20,21)18-11-4-2-3-9(5-11)10-6-12(19)8-13(7-10)22-14(15,16)17/h2-8,18-19H,1H3. The first-order valence-electron chi connectivity index (χ1n) is 6.20. The van der Waals surface area contributed by atoms with Gasteiger partial charge in [0.25, 0.3) is 0 Å². The Balaban J connectivity index is 2.40. The van der Waals surface area contributed by atoms with E-state index in [9.17, 15) is 26.7 Å². The molecule has 0 aromatic heterocycles. The maximum Gasteiger partial charge on any atom is 0.573 e. The van der Waals surface area contributed by atoms with E-state index in [-0.39, 0.29) is 11.3 Å². The Labute approximate surface area is 130 Å². The van der Waals surface area contributed by atoms with Crippen molar-refractivity contribution < 1.29 is 31.4 Å². The second-order valence-corrected chi connectivity index (χ2v) is 6.47. The molecular weight excluding hydrogens is 335 g/mol. The minimum Gasteiger partial charge on any atom is -0.508 e. The molecule has 0 unspecified atom stereocenters. The lowest BCUT2D eigenvalue weighted by atomic mass is 10.0. The third kappa shape index (κ3) is 5.37. The minimum absolute atomic E-state index is 0.237. The van der Waals surface area contributed by atoms with E-state index in [4.69, 9.17) is 0 Å². The van der Waals surface area contributed by atoms with Crippen molar-refractivity contribution in [2.75, 3.05) is 11.0 Å². The average Bonchev–Trinajstić information content (AvgIpc) is 2.34. The molecule has 0 aliphatic carbocycles. The lowest BCUT2D eigenvalue weighted by Gasteiger charge is -2.12. The zero-order valence-corrected chi connectivity index (χ0v) is 12.6. The van der Waals surface area contributed by atoms with Gasteiger partial charge < -0.3 is 9.84 Å². The van der Waals surface area contributed by atoms with E-state index in [1.165, 1.54) is 24.3 Å². The van der Waals surface area contributed by atoms with E-state index in [1.54, 1.807) is 6.07 Å². The molecule has 0 aliphatic heterocycles. The molecule has 0 spiro atoms. The number of hydrogen-bond donors (Lipinski definition) is 2. The maximum absolute atomic E-state index is 12.3. The molecule has 2 aromatic carbocycles. The van der Waals surface area contributed by atoms with Gasteiger partial charge in [-0.3, -0.25) is 4.72 Å². The van der Waals surface area contributed by atoms with Gasteiger partial charge >= 0.3 is 6.36 Å². The molecule has 124 valence electrons. The Morgan fingerprint density at radius 1 is 1.09 bits per heavy atom. The average molecular weight is 347 g/mol. The van der Waals surface area contributed by atoms with E-state index in [0.717, 1.165) is 18.4 Å². The maximum atomic E-state index is 12.3. The number of sulfonamides is 1. The van der Waals surface area contributed by atoms with Crippen LogP contribution in [0.2, 0.25) is 0 Å². The first-order valence-corrected chi connectivity index (χ1v) is 8.09. The zero-order chi connectivity index (χ0) is 17.3. The highest BCUT2D eigenvalue weighted by Gasteiger charge is 2.31. The van der Waals surface area contributed by atoms with Crippen molar-refractivity contribution in [2.24, 2.45) is 0 Å². The molecule has 0 amide bonds. The molecule has 5 nitrogen and oxygen atoms in total. The second kappa shape index (κ2) is 5.99. The number of nitrogens with one attached hydrogen (secondary N) is 1. The van der Waals surface area contributed by atoms with E-state index in [0.29, 0.717) is 5.56 Å². The number of benzene rings is 2. The number of phenolic OH excluding ortho intramolecular Hbond substituents is 1. The number of anilines is 1. The molecule has 0 atom stereocenters. The largest absolute Gasteiger partial charge is 0.573 e. The van der Waals surface area contributed by atoms with Crippen LogP contribution in [-0.2, 0) is 10.0 Å². The summed E-state index contributed by atoms with van der Waals surface area (Å²) in [4.78, 5) is 0. The predicted octanol–water partition coefficient (Wildman–Crippen LogP) is 3.33.